The minimum Gasteiger partial charge on any atom is -0.389 e. The van der Waals surface area contributed by atoms with Gasteiger partial charge in [0.05, 0.1) is 11.0 Å². The van der Waals surface area contributed by atoms with Crippen LogP contribution >= 0.6 is 0 Å². The SMILES string of the molecule is CC(C)CCCCNS(=O)(=O)c1ccc(C(C)O)cc1. The lowest BCUT2D eigenvalue weighted by Crippen LogP contribution is -2.24. The summed E-state index contributed by atoms with van der Waals surface area (Å²) in [6.45, 7) is 6.44. The molecule has 0 aliphatic heterocycles. The van der Waals surface area contributed by atoms with Crippen LogP contribution in [-0.4, -0.2) is 20.1 Å². The third-order valence-corrected chi connectivity index (χ3v) is 4.65. The van der Waals surface area contributed by atoms with Crippen LogP contribution in [0.5, 0.6) is 0 Å². The van der Waals surface area contributed by atoms with E-state index in [4.69, 9.17) is 0 Å². The standard InChI is InChI=1S/C15H25NO3S/c1-12(2)6-4-5-11-16-20(18,19)15-9-7-14(8-10-15)13(3)17/h7-10,12-13,16-17H,4-6,11H2,1-3H3. The van der Waals surface area contributed by atoms with Crippen LogP contribution in [0.3, 0.4) is 0 Å². The van der Waals surface area contributed by atoms with Crippen LogP contribution in [0.25, 0.3) is 0 Å². The number of hydrogen-bond donors (Lipinski definition) is 2. The maximum Gasteiger partial charge on any atom is 0.240 e. The fourth-order valence-corrected chi connectivity index (χ4v) is 2.97. The van der Waals surface area contributed by atoms with Gasteiger partial charge in [-0.1, -0.05) is 38.8 Å². The van der Waals surface area contributed by atoms with Gasteiger partial charge < -0.3 is 5.11 Å². The van der Waals surface area contributed by atoms with E-state index >= 15 is 0 Å². The van der Waals surface area contributed by atoms with Crippen molar-refractivity contribution < 1.29 is 13.5 Å². The molecule has 0 bridgehead atoms. The van der Waals surface area contributed by atoms with Crippen molar-refractivity contribution in [1.82, 2.24) is 4.72 Å². The second-order valence-corrected chi connectivity index (χ2v) is 7.30. The summed E-state index contributed by atoms with van der Waals surface area (Å²) in [5.74, 6) is 0.652. The second-order valence-electron chi connectivity index (χ2n) is 5.53. The summed E-state index contributed by atoms with van der Waals surface area (Å²) in [5.41, 5.74) is 0.709. The molecule has 2 N–H and O–H groups in total. The number of unbranched alkanes of at least 4 members (excludes halogenated alkanes) is 1. The van der Waals surface area contributed by atoms with E-state index in [1.54, 1.807) is 19.1 Å². The summed E-state index contributed by atoms with van der Waals surface area (Å²) >= 11 is 0. The van der Waals surface area contributed by atoms with E-state index in [9.17, 15) is 13.5 Å². The normalized spacial score (nSPS) is 13.7. The summed E-state index contributed by atoms with van der Waals surface area (Å²) in [5, 5.41) is 9.40. The average molecular weight is 299 g/mol. The number of hydrogen-bond acceptors (Lipinski definition) is 3. The summed E-state index contributed by atoms with van der Waals surface area (Å²) < 4.78 is 26.7. The van der Waals surface area contributed by atoms with Crippen molar-refractivity contribution >= 4 is 10.0 Å². The smallest absolute Gasteiger partial charge is 0.240 e. The van der Waals surface area contributed by atoms with Gasteiger partial charge in [0.1, 0.15) is 0 Å². The molecular formula is C15H25NO3S. The molecule has 1 atom stereocenters. The van der Waals surface area contributed by atoms with Crippen LogP contribution in [0.1, 0.15) is 51.7 Å². The molecule has 0 heterocycles. The summed E-state index contributed by atoms with van der Waals surface area (Å²) in [4.78, 5) is 0.241. The molecule has 1 unspecified atom stereocenters. The lowest BCUT2D eigenvalue weighted by Gasteiger charge is -2.09. The van der Waals surface area contributed by atoms with Crippen molar-refractivity contribution in [3.05, 3.63) is 29.8 Å². The van der Waals surface area contributed by atoms with E-state index in [1.807, 2.05) is 0 Å². The van der Waals surface area contributed by atoms with E-state index in [1.165, 1.54) is 12.1 Å². The maximum absolute atomic E-state index is 12.0. The number of aliphatic hydroxyl groups is 1. The van der Waals surface area contributed by atoms with Crippen molar-refractivity contribution in [2.75, 3.05) is 6.54 Å². The van der Waals surface area contributed by atoms with Gasteiger partial charge in [-0.3, -0.25) is 0 Å². The Labute approximate surface area is 122 Å². The van der Waals surface area contributed by atoms with Gasteiger partial charge in [-0.05, 0) is 37.0 Å². The maximum atomic E-state index is 12.0. The molecule has 0 spiro atoms. The number of rotatable bonds is 8. The van der Waals surface area contributed by atoms with Crippen LogP contribution < -0.4 is 4.72 Å². The van der Waals surface area contributed by atoms with Gasteiger partial charge in [-0.2, -0.15) is 0 Å². The monoisotopic (exact) mass is 299 g/mol. The van der Waals surface area contributed by atoms with E-state index in [2.05, 4.69) is 18.6 Å². The molecule has 1 aromatic carbocycles. The lowest BCUT2D eigenvalue weighted by molar-refractivity contribution is 0.199. The number of benzene rings is 1. The summed E-state index contributed by atoms with van der Waals surface area (Å²) in [7, 11) is -3.44. The number of sulfonamides is 1. The molecule has 4 nitrogen and oxygen atoms in total. The molecule has 0 radical (unpaired) electrons. The molecule has 1 rings (SSSR count). The highest BCUT2D eigenvalue weighted by Crippen LogP contribution is 2.16. The summed E-state index contributed by atoms with van der Waals surface area (Å²) in [6, 6.07) is 6.33. The predicted octanol–water partition coefficient (Wildman–Crippen LogP) is 2.84. The molecule has 0 saturated carbocycles. The Kier molecular flexibility index (Phi) is 6.65. The van der Waals surface area contributed by atoms with Crippen LogP contribution in [0.4, 0.5) is 0 Å². The van der Waals surface area contributed by atoms with Crippen molar-refractivity contribution in [1.29, 1.82) is 0 Å². The minimum atomic E-state index is -3.44. The van der Waals surface area contributed by atoms with Gasteiger partial charge in [0, 0.05) is 6.54 Å². The first-order valence-electron chi connectivity index (χ1n) is 7.10. The molecule has 0 aromatic heterocycles. The van der Waals surface area contributed by atoms with Crippen LogP contribution in [-0.2, 0) is 10.0 Å². The molecule has 0 aliphatic carbocycles. The second kappa shape index (κ2) is 7.76. The Morgan fingerprint density at radius 2 is 1.70 bits per heavy atom. The largest absolute Gasteiger partial charge is 0.389 e. The summed E-state index contributed by atoms with van der Waals surface area (Å²) in [6.07, 6.45) is 2.41. The zero-order valence-electron chi connectivity index (χ0n) is 12.5. The van der Waals surface area contributed by atoms with Gasteiger partial charge in [-0.15, -0.1) is 0 Å². The molecule has 20 heavy (non-hydrogen) atoms. The van der Waals surface area contributed by atoms with Gasteiger partial charge >= 0.3 is 0 Å². The third kappa shape index (κ3) is 5.61. The Balaban J connectivity index is 2.52. The molecule has 0 amide bonds. The Bertz CT molecular complexity index is 492. The van der Waals surface area contributed by atoms with Gasteiger partial charge in [0.25, 0.3) is 0 Å². The van der Waals surface area contributed by atoms with Crippen molar-refractivity contribution in [2.24, 2.45) is 5.92 Å². The van der Waals surface area contributed by atoms with Gasteiger partial charge in [0.15, 0.2) is 0 Å². The Morgan fingerprint density at radius 1 is 1.10 bits per heavy atom. The zero-order chi connectivity index (χ0) is 15.2. The first kappa shape index (κ1) is 17.1. The van der Waals surface area contributed by atoms with E-state index < -0.39 is 16.1 Å². The number of nitrogens with one attached hydrogen (secondary N) is 1. The molecule has 1 aromatic rings. The molecule has 114 valence electrons. The van der Waals surface area contributed by atoms with Crippen molar-refractivity contribution in [3.8, 4) is 0 Å². The molecule has 0 fully saturated rings. The fraction of sp³-hybridized carbons (Fsp3) is 0.600. The quantitative estimate of drug-likeness (QED) is 0.725. The first-order chi connectivity index (χ1) is 9.33. The van der Waals surface area contributed by atoms with Crippen LogP contribution in [0.2, 0.25) is 0 Å². The Hall–Kier alpha value is -0.910. The molecule has 5 heteroatoms. The topological polar surface area (TPSA) is 66.4 Å². The van der Waals surface area contributed by atoms with Gasteiger partial charge in [0.2, 0.25) is 10.0 Å². The average Bonchev–Trinajstić information content (AvgIpc) is 2.38. The number of aliphatic hydroxyl groups excluding tert-OH is 1. The van der Waals surface area contributed by atoms with Crippen LogP contribution in [0.15, 0.2) is 29.2 Å². The molecule has 0 aliphatic rings. The highest BCUT2D eigenvalue weighted by atomic mass is 32.2. The third-order valence-electron chi connectivity index (χ3n) is 3.17. The highest BCUT2D eigenvalue weighted by molar-refractivity contribution is 7.89. The fourth-order valence-electron chi connectivity index (χ4n) is 1.89. The first-order valence-corrected chi connectivity index (χ1v) is 8.59. The van der Waals surface area contributed by atoms with Crippen molar-refractivity contribution in [3.63, 3.8) is 0 Å². The molecule has 0 saturated heterocycles. The Morgan fingerprint density at radius 3 is 2.20 bits per heavy atom. The predicted molar refractivity (Wildman–Crippen MR) is 81.0 cm³/mol. The van der Waals surface area contributed by atoms with Crippen molar-refractivity contribution in [2.45, 2.75) is 51.0 Å². The highest BCUT2D eigenvalue weighted by Gasteiger charge is 2.13. The van der Waals surface area contributed by atoms with Gasteiger partial charge in [-0.25, -0.2) is 13.1 Å². The van der Waals surface area contributed by atoms with E-state index in [0.29, 0.717) is 18.0 Å². The van der Waals surface area contributed by atoms with Crippen LogP contribution in [0, 0.1) is 5.92 Å². The van der Waals surface area contributed by atoms with E-state index in [-0.39, 0.29) is 4.90 Å². The lowest BCUT2D eigenvalue weighted by atomic mass is 10.1. The zero-order valence-corrected chi connectivity index (χ0v) is 13.3. The molecular weight excluding hydrogens is 274 g/mol. The van der Waals surface area contributed by atoms with E-state index in [0.717, 1.165) is 19.3 Å². The minimum absolute atomic E-state index is 0.241.